The molecule has 5 aliphatic heterocycles. The van der Waals surface area contributed by atoms with Crippen LogP contribution in [0.4, 0.5) is 0 Å². The summed E-state index contributed by atoms with van der Waals surface area (Å²) in [6, 6.07) is 0. The van der Waals surface area contributed by atoms with Gasteiger partial charge in [0.25, 0.3) is 0 Å². The second-order valence-electron chi connectivity index (χ2n) is 22.9. The number of ether oxygens (including phenoxy) is 8. The Labute approximate surface area is 392 Å². The molecule has 0 aromatic carbocycles. The predicted molar refractivity (Wildman–Crippen MR) is 232 cm³/mol. The summed E-state index contributed by atoms with van der Waals surface area (Å²) in [5.74, 6) is 0.0622. The summed E-state index contributed by atoms with van der Waals surface area (Å²) in [4.78, 5) is 13.4. The summed E-state index contributed by atoms with van der Waals surface area (Å²) in [5.41, 5.74) is -1.29. The topological polar surface area (TPSA) is 297 Å². The van der Waals surface area contributed by atoms with Crippen LogP contribution in [0.2, 0.25) is 0 Å². The molecule has 67 heavy (non-hydrogen) atoms. The van der Waals surface area contributed by atoms with E-state index in [4.69, 9.17) is 37.9 Å². The minimum atomic E-state index is -1.69. The van der Waals surface area contributed by atoms with Crippen molar-refractivity contribution in [2.24, 2.45) is 39.4 Å². The van der Waals surface area contributed by atoms with E-state index in [2.05, 4.69) is 27.7 Å². The lowest BCUT2D eigenvalue weighted by Gasteiger charge is -2.70. The Morgan fingerprint density at radius 1 is 0.716 bits per heavy atom. The minimum Gasteiger partial charge on any atom is -0.465 e. The first-order valence-corrected chi connectivity index (χ1v) is 24.4. The van der Waals surface area contributed by atoms with Gasteiger partial charge in [0.15, 0.2) is 18.9 Å². The molecule has 0 aromatic rings. The SMILES string of the molecule is CC(C)=C[C@@H](C[C@]1(C)OC1[C@H]1CC[C@@H]2[C@@]3(C)CC[C@H](O[C@@H]4O[C@H](CO)[C@@H](O)[C@H](O)[C@H]4O[C@@H]4O[C@@H](C)[C@H](O)[C@@H](O)[C@H]4O)C(C)(C)C3CC[C@@]2(C)[C@@]12COC(=O)C2)O[C@@H]1O[C@H](CO)[C@@H](O)[C@H](O)[C@H]1O. The number of fused-ring (bicyclic) bond motifs is 4. The molecule has 0 amide bonds. The van der Waals surface area contributed by atoms with Crippen molar-refractivity contribution in [2.45, 2.75) is 223 Å². The number of carbonyl (C=O) groups excluding carboxylic acids is 1. The molecule has 5 saturated heterocycles. The summed E-state index contributed by atoms with van der Waals surface area (Å²) in [6.07, 6.45) is -15.5. The normalized spacial score (nSPS) is 53.3. The number of allylic oxidation sites excluding steroid dienone is 1. The van der Waals surface area contributed by atoms with Gasteiger partial charge < -0.3 is 89.0 Å². The molecule has 1 spiro atoms. The van der Waals surface area contributed by atoms with Crippen molar-refractivity contribution < 1.29 is 93.8 Å². The molecule has 0 bridgehead atoms. The van der Waals surface area contributed by atoms with Crippen LogP contribution in [-0.2, 0) is 42.7 Å². The van der Waals surface area contributed by atoms with Crippen molar-refractivity contribution in [1.82, 2.24) is 0 Å². The Morgan fingerprint density at radius 2 is 1.34 bits per heavy atom. The fourth-order valence-electron chi connectivity index (χ4n) is 14.6. The van der Waals surface area contributed by atoms with E-state index in [1.165, 1.54) is 6.92 Å². The molecule has 3 saturated carbocycles. The molecule has 8 fully saturated rings. The maximum atomic E-state index is 13.4. The van der Waals surface area contributed by atoms with Gasteiger partial charge in [0.05, 0.1) is 56.3 Å². The molecular formula is C48H78O19. The zero-order valence-electron chi connectivity index (χ0n) is 40.1. The van der Waals surface area contributed by atoms with E-state index in [0.29, 0.717) is 12.8 Å². The average Bonchev–Trinajstić information content (AvgIpc) is 3.75. The molecule has 25 atom stereocenters. The van der Waals surface area contributed by atoms with Gasteiger partial charge in [-0.05, 0) is 100 Å². The molecule has 19 nitrogen and oxygen atoms in total. The third-order valence-corrected chi connectivity index (χ3v) is 18.4. The third-order valence-electron chi connectivity index (χ3n) is 18.4. The fraction of sp³-hybridized carbons (Fsp3) is 0.938. The Hall–Kier alpha value is -1.47. The van der Waals surface area contributed by atoms with Crippen LogP contribution in [0.15, 0.2) is 11.6 Å². The quantitative estimate of drug-likeness (QED) is 0.0530. The van der Waals surface area contributed by atoms with Gasteiger partial charge in [-0.15, -0.1) is 0 Å². The predicted octanol–water partition coefficient (Wildman–Crippen LogP) is -0.0757. The van der Waals surface area contributed by atoms with Crippen molar-refractivity contribution in [2.75, 3.05) is 19.8 Å². The molecule has 8 rings (SSSR count). The lowest BCUT2D eigenvalue weighted by molar-refractivity contribution is -0.376. The molecule has 5 heterocycles. The number of esters is 1. The van der Waals surface area contributed by atoms with Crippen LogP contribution in [0.25, 0.3) is 0 Å². The Bertz CT molecular complexity index is 1800. The zero-order valence-corrected chi connectivity index (χ0v) is 40.1. The molecule has 10 N–H and O–H groups in total. The smallest absolute Gasteiger partial charge is 0.306 e. The Morgan fingerprint density at radius 3 is 1.97 bits per heavy atom. The summed E-state index contributed by atoms with van der Waals surface area (Å²) in [6.45, 7) is 15.5. The highest BCUT2D eigenvalue weighted by Gasteiger charge is 2.74. The van der Waals surface area contributed by atoms with E-state index in [9.17, 15) is 55.9 Å². The third kappa shape index (κ3) is 8.78. The molecule has 19 heteroatoms. The van der Waals surface area contributed by atoms with Crippen LogP contribution < -0.4 is 0 Å². The minimum absolute atomic E-state index is 0.0293. The van der Waals surface area contributed by atoms with Crippen molar-refractivity contribution >= 4 is 5.97 Å². The molecule has 8 aliphatic rings. The van der Waals surface area contributed by atoms with Gasteiger partial charge in [0.1, 0.15) is 67.1 Å². The van der Waals surface area contributed by atoms with E-state index >= 15 is 0 Å². The van der Waals surface area contributed by atoms with Crippen molar-refractivity contribution in [3.05, 3.63) is 11.6 Å². The van der Waals surface area contributed by atoms with Crippen LogP contribution in [0.3, 0.4) is 0 Å². The summed E-state index contributed by atoms with van der Waals surface area (Å²) in [5, 5.41) is 105. The number of carbonyl (C=O) groups is 1. The lowest BCUT2D eigenvalue weighted by atomic mass is 9.34. The standard InChI is InChI=1S/C48H78O19/c1-21(2)15-23(62-42-38(59)35(56)32(53)25(18-49)63-42)16-47(8)40(67-47)24-9-10-28-45(6)13-12-29(44(4,5)27(45)11-14-46(28,7)48(24)17-30(51)60-20-48)65-43-39(36(57)33(54)26(19-50)64-43)66-41-37(58)34(55)31(52)22(3)61-41/h15,22-29,31-43,49-50,52-59H,9-14,16-20H2,1-8H3/t22-,23-,24+,25+,26+,27?,28+,29-,31-,32+,33+,34+,35-,36-,37+,38+,39+,40?,41-,42+,43-,45-,46+,47-,48-/m0/s1. The molecule has 0 aromatic heterocycles. The van der Waals surface area contributed by atoms with Gasteiger partial charge in [-0.3, -0.25) is 4.79 Å². The van der Waals surface area contributed by atoms with Gasteiger partial charge in [0, 0.05) is 11.8 Å². The molecule has 384 valence electrons. The van der Waals surface area contributed by atoms with E-state index in [1.54, 1.807) is 0 Å². The summed E-state index contributed by atoms with van der Waals surface area (Å²) >= 11 is 0. The first-order valence-electron chi connectivity index (χ1n) is 24.4. The highest BCUT2D eigenvalue weighted by molar-refractivity contribution is 5.73. The van der Waals surface area contributed by atoms with Gasteiger partial charge in [-0.1, -0.05) is 39.3 Å². The largest absolute Gasteiger partial charge is 0.465 e. The first kappa shape index (κ1) is 51.9. The number of aliphatic hydroxyl groups is 10. The maximum Gasteiger partial charge on any atom is 0.306 e. The number of rotatable bonds is 12. The second-order valence-corrected chi connectivity index (χ2v) is 22.9. The van der Waals surface area contributed by atoms with Crippen molar-refractivity contribution in [1.29, 1.82) is 0 Å². The number of hydrogen-bond acceptors (Lipinski definition) is 19. The van der Waals surface area contributed by atoms with Crippen LogP contribution in [0, 0.1) is 39.4 Å². The molecular weight excluding hydrogens is 881 g/mol. The zero-order chi connectivity index (χ0) is 48.9. The first-order chi connectivity index (χ1) is 31.4. The van der Waals surface area contributed by atoms with Crippen molar-refractivity contribution in [3.8, 4) is 0 Å². The molecule has 2 unspecified atom stereocenters. The fourth-order valence-corrected chi connectivity index (χ4v) is 14.6. The van der Waals surface area contributed by atoms with Gasteiger partial charge in [0.2, 0.25) is 0 Å². The summed E-state index contributed by atoms with van der Waals surface area (Å²) < 4.78 is 49.4. The van der Waals surface area contributed by atoms with Crippen LogP contribution in [0.1, 0.15) is 107 Å². The van der Waals surface area contributed by atoms with Gasteiger partial charge in [-0.25, -0.2) is 0 Å². The second kappa shape index (κ2) is 18.9. The van der Waals surface area contributed by atoms with Crippen LogP contribution in [0.5, 0.6) is 0 Å². The highest BCUT2D eigenvalue weighted by atomic mass is 16.8. The van der Waals surface area contributed by atoms with E-state index in [1.807, 2.05) is 26.8 Å². The lowest BCUT2D eigenvalue weighted by Crippen LogP contribution is -2.67. The van der Waals surface area contributed by atoms with Gasteiger partial charge >= 0.3 is 5.97 Å². The number of hydrogen-bond donors (Lipinski definition) is 10. The Kier molecular flexibility index (Phi) is 14.6. The van der Waals surface area contributed by atoms with Crippen LogP contribution >= 0.6 is 0 Å². The summed E-state index contributed by atoms with van der Waals surface area (Å²) in [7, 11) is 0. The number of cyclic esters (lactones) is 1. The van der Waals surface area contributed by atoms with Crippen LogP contribution in [-0.4, -0.2) is 193 Å². The highest BCUT2D eigenvalue weighted by Crippen LogP contribution is 2.75. The van der Waals surface area contributed by atoms with Crippen molar-refractivity contribution in [3.63, 3.8) is 0 Å². The Balaban J connectivity index is 1.00. The van der Waals surface area contributed by atoms with E-state index in [0.717, 1.165) is 37.7 Å². The number of aliphatic hydroxyl groups excluding tert-OH is 10. The molecule has 3 aliphatic carbocycles. The van der Waals surface area contributed by atoms with Gasteiger partial charge in [-0.2, -0.15) is 0 Å². The monoisotopic (exact) mass is 959 g/mol. The average molecular weight is 959 g/mol. The van der Waals surface area contributed by atoms with E-state index < -0.39 is 134 Å². The van der Waals surface area contributed by atoms with E-state index in [-0.39, 0.29) is 53.7 Å². The molecule has 0 radical (unpaired) electrons. The number of epoxide rings is 1. The maximum absolute atomic E-state index is 13.4.